The van der Waals surface area contributed by atoms with Gasteiger partial charge in [-0.3, -0.25) is 9.59 Å². The van der Waals surface area contributed by atoms with Crippen molar-refractivity contribution in [1.29, 1.82) is 0 Å². The topological polar surface area (TPSA) is 75.4 Å². The number of amides is 2. The smallest absolute Gasteiger partial charge is 0.251 e. The second-order valence-electron chi connectivity index (χ2n) is 5.79. The second-order valence-corrected chi connectivity index (χ2v) is 6.90. The number of rotatable bonds is 4. The van der Waals surface area contributed by atoms with E-state index >= 15 is 0 Å². The van der Waals surface area contributed by atoms with Crippen molar-refractivity contribution in [2.24, 2.45) is 5.73 Å². The molecule has 0 saturated carbocycles. The van der Waals surface area contributed by atoms with Gasteiger partial charge in [-0.25, -0.2) is 0 Å². The van der Waals surface area contributed by atoms with Crippen LogP contribution in [0, 0.1) is 0 Å². The van der Waals surface area contributed by atoms with Gasteiger partial charge in [0, 0.05) is 24.0 Å². The first kappa shape index (κ1) is 19.2. The number of halogens is 1. The maximum Gasteiger partial charge on any atom is 0.251 e. The Balaban J connectivity index is 0.00000225. The summed E-state index contributed by atoms with van der Waals surface area (Å²) in [7, 11) is 2.04. The lowest BCUT2D eigenvalue weighted by Gasteiger charge is -2.22. The van der Waals surface area contributed by atoms with Crippen molar-refractivity contribution in [2.75, 3.05) is 18.9 Å². The molecule has 0 atom stereocenters. The molecule has 0 unspecified atom stereocenters. The number of hydrogen-bond donors (Lipinski definition) is 2. The summed E-state index contributed by atoms with van der Waals surface area (Å²) in [4.78, 5) is 27.3. The van der Waals surface area contributed by atoms with Gasteiger partial charge < -0.3 is 16.0 Å². The SMILES string of the molecule is CN1CCc2c(sc(NC(=O)/C=C\c3ccccc3)c2C(N)=O)C1.Cl. The third kappa shape index (κ3) is 4.48. The quantitative estimate of drug-likeness (QED) is 0.804. The van der Waals surface area contributed by atoms with Crippen molar-refractivity contribution in [3.05, 3.63) is 58.0 Å². The highest BCUT2D eigenvalue weighted by Gasteiger charge is 2.26. The minimum atomic E-state index is -0.487. The summed E-state index contributed by atoms with van der Waals surface area (Å²) in [6.45, 7) is 1.65. The number of primary amides is 1. The number of carbonyl (C=O) groups is 2. The molecule has 0 bridgehead atoms. The number of carbonyl (C=O) groups excluding carboxylic acids is 2. The van der Waals surface area contributed by atoms with Crippen LogP contribution in [0.15, 0.2) is 36.4 Å². The van der Waals surface area contributed by atoms with Crippen LogP contribution in [0.5, 0.6) is 0 Å². The Labute approximate surface area is 156 Å². The largest absolute Gasteiger partial charge is 0.365 e. The molecule has 1 aliphatic heterocycles. The molecule has 3 rings (SSSR count). The Hall–Kier alpha value is -2.15. The van der Waals surface area contributed by atoms with Gasteiger partial charge in [-0.05, 0) is 30.7 Å². The molecule has 5 nitrogen and oxygen atoms in total. The van der Waals surface area contributed by atoms with E-state index in [0.717, 1.165) is 35.5 Å². The van der Waals surface area contributed by atoms with Gasteiger partial charge >= 0.3 is 0 Å². The highest BCUT2D eigenvalue weighted by atomic mass is 35.5. The molecule has 1 aromatic carbocycles. The molecule has 7 heteroatoms. The summed E-state index contributed by atoms with van der Waals surface area (Å²) < 4.78 is 0. The molecule has 0 saturated heterocycles. The molecule has 3 N–H and O–H groups in total. The van der Waals surface area contributed by atoms with E-state index in [1.54, 1.807) is 6.08 Å². The summed E-state index contributed by atoms with van der Waals surface area (Å²) in [6, 6.07) is 9.57. The average molecular weight is 378 g/mol. The Morgan fingerprint density at radius 3 is 2.68 bits per heavy atom. The molecule has 1 aliphatic rings. The molecule has 0 spiro atoms. The van der Waals surface area contributed by atoms with Crippen molar-refractivity contribution in [2.45, 2.75) is 13.0 Å². The van der Waals surface area contributed by atoms with Gasteiger partial charge in [0.25, 0.3) is 5.91 Å². The van der Waals surface area contributed by atoms with Crippen LogP contribution in [0.25, 0.3) is 6.08 Å². The van der Waals surface area contributed by atoms with E-state index in [9.17, 15) is 9.59 Å². The number of nitrogens with one attached hydrogen (secondary N) is 1. The van der Waals surface area contributed by atoms with Gasteiger partial charge in [0.2, 0.25) is 5.91 Å². The highest BCUT2D eigenvalue weighted by molar-refractivity contribution is 7.17. The first-order valence-corrected chi connectivity index (χ1v) is 8.53. The third-order valence-electron chi connectivity index (χ3n) is 3.96. The number of nitrogens with zero attached hydrogens (tertiary/aromatic N) is 1. The van der Waals surface area contributed by atoms with Crippen molar-refractivity contribution in [3.8, 4) is 0 Å². The Kier molecular flexibility index (Phi) is 6.36. The van der Waals surface area contributed by atoms with Crippen LogP contribution in [-0.2, 0) is 17.8 Å². The fourth-order valence-corrected chi connectivity index (χ4v) is 4.11. The lowest BCUT2D eigenvalue weighted by Crippen LogP contribution is -2.27. The van der Waals surface area contributed by atoms with Crippen LogP contribution in [0.3, 0.4) is 0 Å². The first-order valence-electron chi connectivity index (χ1n) is 7.71. The van der Waals surface area contributed by atoms with Crippen LogP contribution < -0.4 is 11.1 Å². The van der Waals surface area contributed by atoms with E-state index in [2.05, 4.69) is 10.2 Å². The standard InChI is InChI=1S/C18H19N3O2S.ClH/c1-21-10-9-13-14(11-21)24-18(16(13)17(19)23)20-15(22)8-7-12-5-3-2-4-6-12;/h2-8H,9-11H2,1H3,(H2,19,23)(H,20,22);1H/b8-7-;. The molecule has 0 fully saturated rings. The van der Waals surface area contributed by atoms with Gasteiger partial charge in [-0.2, -0.15) is 0 Å². The maximum absolute atomic E-state index is 12.2. The predicted molar refractivity (Wildman–Crippen MR) is 104 cm³/mol. The average Bonchev–Trinajstić information content (AvgIpc) is 2.90. The second kappa shape index (κ2) is 8.29. The van der Waals surface area contributed by atoms with Crippen molar-refractivity contribution in [1.82, 2.24) is 4.90 Å². The zero-order valence-corrected chi connectivity index (χ0v) is 15.5. The minimum absolute atomic E-state index is 0. The summed E-state index contributed by atoms with van der Waals surface area (Å²) in [6.07, 6.45) is 3.97. The van der Waals surface area contributed by atoms with Gasteiger partial charge in [-0.15, -0.1) is 23.7 Å². The lowest BCUT2D eigenvalue weighted by atomic mass is 10.0. The molecular weight excluding hydrogens is 358 g/mol. The van der Waals surface area contributed by atoms with Crippen molar-refractivity contribution < 1.29 is 9.59 Å². The lowest BCUT2D eigenvalue weighted by molar-refractivity contribution is -0.111. The Bertz CT molecular complexity index is 802. The van der Waals surface area contributed by atoms with E-state index in [4.69, 9.17) is 5.73 Å². The van der Waals surface area contributed by atoms with E-state index < -0.39 is 5.91 Å². The molecule has 132 valence electrons. The zero-order valence-electron chi connectivity index (χ0n) is 13.8. The Morgan fingerprint density at radius 1 is 1.28 bits per heavy atom. The molecule has 2 aromatic rings. The predicted octanol–water partition coefficient (Wildman–Crippen LogP) is 2.91. The van der Waals surface area contributed by atoms with Crippen molar-refractivity contribution in [3.63, 3.8) is 0 Å². The fourth-order valence-electron chi connectivity index (χ4n) is 2.77. The van der Waals surface area contributed by atoms with Crippen LogP contribution >= 0.6 is 23.7 Å². The summed E-state index contributed by atoms with van der Waals surface area (Å²) in [5.74, 6) is -0.757. The number of fused-ring (bicyclic) bond motifs is 1. The number of benzene rings is 1. The van der Waals surface area contributed by atoms with E-state index in [1.807, 2.05) is 37.4 Å². The van der Waals surface area contributed by atoms with Crippen LogP contribution in [-0.4, -0.2) is 30.3 Å². The van der Waals surface area contributed by atoms with E-state index in [1.165, 1.54) is 17.4 Å². The third-order valence-corrected chi connectivity index (χ3v) is 5.09. The number of anilines is 1. The molecule has 1 aromatic heterocycles. The normalized spacial score (nSPS) is 14.0. The minimum Gasteiger partial charge on any atom is -0.365 e. The number of likely N-dealkylation sites (N-methyl/N-ethyl adjacent to an activating group) is 1. The molecule has 0 radical (unpaired) electrons. The van der Waals surface area contributed by atoms with Crippen LogP contribution in [0.1, 0.15) is 26.4 Å². The molecular formula is C18H20ClN3O2S. The van der Waals surface area contributed by atoms with Gasteiger partial charge in [-0.1, -0.05) is 30.3 Å². The number of thiophene rings is 1. The van der Waals surface area contributed by atoms with Gasteiger partial charge in [0.1, 0.15) is 5.00 Å². The molecule has 2 heterocycles. The first-order chi connectivity index (χ1) is 11.5. The number of nitrogens with two attached hydrogens (primary N) is 1. The highest BCUT2D eigenvalue weighted by Crippen LogP contribution is 2.36. The monoisotopic (exact) mass is 377 g/mol. The Morgan fingerprint density at radius 2 is 2.00 bits per heavy atom. The van der Waals surface area contributed by atoms with Gasteiger partial charge in [0.05, 0.1) is 5.56 Å². The maximum atomic E-state index is 12.2. The summed E-state index contributed by atoms with van der Waals surface area (Å²) in [5, 5.41) is 3.35. The summed E-state index contributed by atoms with van der Waals surface area (Å²) in [5.41, 5.74) is 7.93. The molecule has 2 amide bonds. The van der Waals surface area contributed by atoms with E-state index in [-0.39, 0.29) is 18.3 Å². The number of hydrogen-bond acceptors (Lipinski definition) is 4. The fraction of sp³-hybridized carbons (Fsp3) is 0.222. The van der Waals surface area contributed by atoms with E-state index in [0.29, 0.717) is 10.6 Å². The van der Waals surface area contributed by atoms with Crippen LogP contribution in [0.2, 0.25) is 0 Å². The molecule has 25 heavy (non-hydrogen) atoms. The zero-order chi connectivity index (χ0) is 17.1. The summed E-state index contributed by atoms with van der Waals surface area (Å²) >= 11 is 1.44. The van der Waals surface area contributed by atoms with Gasteiger partial charge in [0.15, 0.2) is 0 Å². The van der Waals surface area contributed by atoms with Crippen molar-refractivity contribution >= 4 is 46.6 Å². The molecule has 0 aliphatic carbocycles. The van der Waals surface area contributed by atoms with Crippen LogP contribution in [0.4, 0.5) is 5.00 Å².